The number of nitrogens with zero attached hydrogens (tertiary/aromatic N) is 5. The molecule has 0 atom stereocenters. The molecule has 0 saturated carbocycles. The number of aromatic nitrogens is 5. The molecule has 0 unspecified atom stereocenters. The van der Waals surface area contributed by atoms with Crippen LogP contribution in [0.15, 0.2) is 42.7 Å². The molecule has 0 fully saturated rings. The molecule has 3 rings (SSSR count). The Hall–Kier alpha value is -2.96. The number of hydrogen-bond acceptors (Lipinski definition) is 4. The second kappa shape index (κ2) is 5.20. The summed E-state index contributed by atoms with van der Waals surface area (Å²) in [7, 11) is 1.73. The molecule has 1 N–H and O–H groups in total. The summed E-state index contributed by atoms with van der Waals surface area (Å²) in [6.07, 6.45) is 1.56. The van der Waals surface area contributed by atoms with Gasteiger partial charge in [-0.2, -0.15) is 5.10 Å². The van der Waals surface area contributed by atoms with Gasteiger partial charge in [-0.25, -0.2) is 0 Å². The molecule has 106 valence electrons. The molecule has 2 aromatic heterocycles. The molecular formula is C14H14N6O. The minimum absolute atomic E-state index is 0.275. The number of hydrogen-bond donors (Lipinski definition) is 1. The summed E-state index contributed by atoms with van der Waals surface area (Å²) in [5.74, 6) is 0.0911. The van der Waals surface area contributed by atoms with E-state index in [9.17, 15) is 4.79 Å². The van der Waals surface area contributed by atoms with E-state index in [4.69, 9.17) is 0 Å². The summed E-state index contributed by atoms with van der Waals surface area (Å²) >= 11 is 0. The Morgan fingerprint density at radius 2 is 2.00 bits per heavy atom. The van der Waals surface area contributed by atoms with Crippen LogP contribution in [0, 0.1) is 6.92 Å². The summed E-state index contributed by atoms with van der Waals surface area (Å²) < 4.78 is 3.25. The SMILES string of the molecule is Cc1cc(C(=O)Nc2nncn2-c2ccccc2)n(C)n1. The lowest BCUT2D eigenvalue weighted by Gasteiger charge is -2.07. The quantitative estimate of drug-likeness (QED) is 0.791. The van der Waals surface area contributed by atoms with E-state index in [1.807, 2.05) is 37.3 Å². The Labute approximate surface area is 121 Å². The van der Waals surface area contributed by atoms with Crippen LogP contribution in [0.3, 0.4) is 0 Å². The normalized spacial score (nSPS) is 10.6. The molecular weight excluding hydrogens is 268 g/mol. The maximum Gasteiger partial charge on any atom is 0.276 e. The molecule has 0 spiro atoms. The van der Waals surface area contributed by atoms with E-state index in [2.05, 4.69) is 20.6 Å². The number of aryl methyl sites for hydroxylation is 2. The molecule has 7 heteroatoms. The molecule has 0 aliphatic heterocycles. The number of carbonyl (C=O) groups is 1. The van der Waals surface area contributed by atoms with Crippen LogP contribution < -0.4 is 5.32 Å². The number of para-hydroxylation sites is 1. The van der Waals surface area contributed by atoms with E-state index in [-0.39, 0.29) is 5.91 Å². The van der Waals surface area contributed by atoms with Gasteiger partial charge in [0, 0.05) is 7.05 Å². The maximum atomic E-state index is 12.3. The van der Waals surface area contributed by atoms with Crippen molar-refractivity contribution in [3.05, 3.63) is 54.1 Å². The zero-order valence-corrected chi connectivity index (χ0v) is 11.7. The molecule has 1 aromatic carbocycles. The second-order valence-corrected chi connectivity index (χ2v) is 4.61. The van der Waals surface area contributed by atoms with Crippen LogP contribution in [0.2, 0.25) is 0 Å². The van der Waals surface area contributed by atoms with Gasteiger partial charge in [0.1, 0.15) is 12.0 Å². The average Bonchev–Trinajstić information content (AvgIpc) is 3.06. The molecule has 0 radical (unpaired) electrons. The van der Waals surface area contributed by atoms with Crippen LogP contribution in [-0.4, -0.2) is 30.5 Å². The third-order valence-corrected chi connectivity index (χ3v) is 3.04. The van der Waals surface area contributed by atoms with Gasteiger partial charge in [-0.3, -0.25) is 19.4 Å². The first-order valence-electron chi connectivity index (χ1n) is 6.42. The van der Waals surface area contributed by atoms with E-state index in [1.165, 1.54) is 4.68 Å². The number of amides is 1. The Morgan fingerprint density at radius 1 is 1.24 bits per heavy atom. The molecule has 0 bridgehead atoms. The Morgan fingerprint density at radius 3 is 2.67 bits per heavy atom. The third-order valence-electron chi connectivity index (χ3n) is 3.04. The largest absolute Gasteiger partial charge is 0.289 e. The van der Waals surface area contributed by atoms with Gasteiger partial charge < -0.3 is 0 Å². The van der Waals surface area contributed by atoms with Gasteiger partial charge in [0.2, 0.25) is 5.95 Å². The van der Waals surface area contributed by atoms with E-state index < -0.39 is 0 Å². The van der Waals surface area contributed by atoms with Crippen molar-refractivity contribution in [3.8, 4) is 5.69 Å². The number of nitrogens with one attached hydrogen (secondary N) is 1. The van der Waals surface area contributed by atoms with E-state index in [0.29, 0.717) is 11.6 Å². The highest BCUT2D eigenvalue weighted by Crippen LogP contribution is 2.13. The van der Waals surface area contributed by atoms with Gasteiger partial charge in [-0.1, -0.05) is 18.2 Å². The predicted molar refractivity (Wildman–Crippen MR) is 77.3 cm³/mol. The van der Waals surface area contributed by atoms with Crippen molar-refractivity contribution < 1.29 is 4.79 Å². The molecule has 2 heterocycles. The van der Waals surface area contributed by atoms with Gasteiger partial charge in [-0.05, 0) is 25.1 Å². The van der Waals surface area contributed by atoms with Crippen molar-refractivity contribution in [2.75, 3.05) is 5.32 Å². The lowest BCUT2D eigenvalue weighted by atomic mass is 10.3. The molecule has 21 heavy (non-hydrogen) atoms. The van der Waals surface area contributed by atoms with Crippen molar-refractivity contribution in [2.24, 2.45) is 7.05 Å². The monoisotopic (exact) mass is 282 g/mol. The maximum absolute atomic E-state index is 12.3. The first-order chi connectivity index (χ1) is 10.1. The van der Waals surface area contributed by atoms with E-state index in [1.54, 1.807) is 24.0 Å². The summed E-state index contributed by atoms with van der Waals surface area (Å²) in [5.41, 5.74) is 2.13. The summed E-state index contributed by atoms with van der Waals surface area (Å²) in [5, 5.41) is 14.7. The van der Waals surface area contributed by atoms with Gasteiger partial charge in [0.05, 0.1) is 11.4 Å². The zero-order chi connectivity index (χ0) is 14.8. The third kappa shape index (κ3) is 2.53. The summed E-state index contributed by atoms with van der Waals surface area (Å²) in [4.78, 5) is 12.3. The number of carbonyl (C=O) groups excluding carboxylic acids is 1. The van der Waals surface area contributed by atoms with Crippen LogP contribution >= 0.6 is 0 Å². The van der Waals surface area contributed by atoms with Crippen molar-refractivity contribution >= 4 is 11.9 Å². The Balaban J connectivity index is 1.88. The van der Waals surface area contributed by atoms with Gasteiger partial charge in [-0.15, -0.1) is 10.2 Å². The second-order valence-electron chi connectivity index (χ2n) is 4.61. The van der Waals surface area contributed by atoms with Crippen molar-refractivity contribution in [3.63, 3.8) is 0 Å². The standard InChI is InChI=1S/C14H14N6O/c1-10-8-12(19(2)18-10)13(21)16-14-17-15-9-20(14)11-6-4-3-5-7-11/h3-9H,1-2H3,(H,16,17,21). The van der Waals surface area contributed by atoms with Crippen molar-refractivity contribution in [1.82, 2.24) is 24.5 Å². The zero-order valence-electron chi connectivity index (χ0n) is 11.7. The molecule has 0 saturated heterocycles. The number of rotatable bonds is 3. The van der Waals surface area contributed by atoms with E-state index in [0.717, 1.165) is 11.4 Å². The summed E-state index contributed by atoms with van der Waals surface area (Å²) in [6, 6.07) is 11.3. The number of benzene rings is 1. The van der Waals surface area contributed by atoms with Crippen LogP contribution in [0.25, 0.3) is 5.69 Å². The fraction of sp³-hybridized carbons (Fsp3) is 0.143. The molecule has 0 aliphatic carbocycles. The van der Waals surface area contributed by atoms with Crippen molar-refractivity contribution in [2.45, 2.75) is 6.92 Å². The van der Waals surface area contributed by atoms with E-state index >= 15 is 0 Å². The molecule has 7 nitrogen and oxygen atoms in total. The van der Waals surface area contributed by atoms with Crippen LogP contribution in [0.1, 0.15) is 16.2 Å². The summed E-state index contributed by atoms with van der Waals surface area (Å²) in [6.45, 7) is 1.84. The topological polar surface area (TPSA) is 77.6 Å². The van der Waals surface area contributed by atoms with Crippen LogP contribution in [0.4, 0.5) is 5.95 Å². The minimum Gasteiger partial charge on any atom is -0.289 e. The Kier molecular flexibility index (Phi) is 3.23. The molecule has 0 aliphatic rings. The molecule has 1 amide bonds. The minimum atomic E-state index is -0.275. The fourth-order valence-electron chi connectivity index (χ4n) is 2.09. The van der Waals surface area contributed by atoms with Crippen LogP contribution in [0.5, 0.6) is 0 Å². The molecule has 3 aromatic rings. The Bertz CT molecular complexity index is 774. The highest BCUT2D eigenvalue weighted by molar-refractivity contribution is 6.02. The lowest BCUT2D eigenvalue weighted by molar-refractivity contribution is 0.101. The first-order valence-corrected chi connectivity index (χ1v) is 6.42. The number of anilines is 1. The van der Waals surface area contributed by atoms with Gasteiger partial charge in [0.25, 0.3) is 5.91 Å². The first kappa shape index (κ1) is 13.0. The predicted octanol–water partition coefficient (Wildman–Crippen LogP) is 1.56. The van der Waals surface area contributed by atoms with Crippen LogP contribution in [-0.2, 0) is 7.05 Å². The average molecular weight is 282 g/mol. The highest BCUT2D eigenvalue weighted by atomic mass is 16.2. The highest BCUT2D eigenvalue weighted by Gasteiger charge is 2.15. The smallest absolute Gasteiger partial charge is 0.276 e. The van der Waals surface area contributed by atoms with Crippen molar-refractivity contribution in [1.29, 1.82) is 0 Å². The van der Waals surface area contributed by atoms with Gasteiger partial charge >= 0.3 is 0 Å². The van der Waals surface area contributed by atoms with Gasteiger partial charge in [0.15, 0.2) is 0 Å². The fourth-order valence-corrected chi connectivity index (χ4v) is 2.09. The lowest BCUT2D eigenvalue weighted by Crippen LogP contribution is -2.18.